The highest BCUT2D eigenvalue weighted by Crippen LogP contribution is 2.38. The molecule has 0 amide bonds. The second-order valence-electron chi connectivity index (χ2n) is 16.0. The summed E-state index contributed by atoms with van der Waals surface area (Å²) in [4.78, 5) is 0. The smallest absolute Gasteiger partial charge is 0.142 e. The minimum atomic E-state index is 0.894. The fourth-order valence-electron chi connectivity index (χ4n) is 8.17. The first-order valence-electron chi connectivity index (χ1n) is 20.2. The molecule has 3 heterocycles. The Labute approximate surface area is 348 Å². The molecule has 3 aliphatic heterocycles. The maximum atomic E-state index is 6.43. The fraction of sp³-hybridized carbons (Fsp3) is 0.0526. The van der Waals surface area contributed by atoms with Crippen molar-refractivity contribution in [1.82, 2.24) is 0 Å². The molecule has 9 aromatic carbocycles. The van der Waals surface area contributed by atoms with Crippen LogP contribution in [0.2, 0.25) is 0 Å². The van der Waals surface area contributed by atoms with Gasteiger partial charge in [0.15, 0.2) is 0 Å². The van der Waals surface area contributed by atoms with Gasteiger partial charge in [-0.1, -0.05) is 141 Å². The molecule has 288 valence electrons. The molecule has 0 unspecified atom stereocenters. The highest BCUT2D eigenvalue weighted by atomic mass is 16.5. The van der Waals surface area contributed by atoms with Crippen LogP contribution in [0, 0.1) is 20.8 Å². The average Bonchev–Trinajstić information content (AvgIpc) is 3.24. The summed E-state index contributed by atoms with van der Waals surface area (Å²) in [6.45, 7) is 18.2. The van der Waals surface area contributed by atoms with Crippen LogP contribution in [-0.4, -0.2) is 0 Å². The molecule has 3 nitrogen and oxygen atoms in total. The molecule has 9 aromatic rings. The van der Waals surface area contributed by atoms with Gasteiger partial charge in [-0.15, -0.1) is 0 Å². The number of benzene rings is 9. The SMILES string of the molecule is C=c1ccc2c(c1)Oc1cc(C)ccc1C=2.C=c1ccc2c3c(ccc2c1)=Cc1ccc(C)cc1O3.C=c1ccc2c3c(ccc2c1)=Cc1ccc2cc(C)ccc2c1O3. The van der Waals surface area contributed by atoms with E-state index in [0.717, 1.165) is 104 Å². The summed E-state index contributed by atoms with van der Waals surface area (Å²) in [5.41, 5.74) is 7.08. The molecule has 0 aromatic heterocycles. The zero-order valence-corrected chi connectivity index (χ0v) is 33.9. The number of ether oxygens (including phenoxy) is 3. The van der Waals surface area contributed by atoms with Crippen molar-refractivity contribution in [2.45, 2.75) is 20.8 Å². The van der Waals surface area contributed by atoms with Crippen molar-refractivity contribution in [1.29, 1.82) is 0 Å². The summed E-state index contributed by atoms with van der Waals surface area (Å²) in [6.07, 6.45) is 6.54. The predicted molar refractivity (Wildman–Crippen MR) is 251 cm³/mol. The minimum absolute atomic E-state index is 0.894. The lowest BCUT2D eigenvalue weighted by Crippen LogP contribution is -2.14. The van der Waals surface area contributed by atoms with Crippen LogP contribution in [0.1, 0.15) is 33.4 Å². The van der Waals surface area contributed by atoms with E-state index in [9.17, 15) is 0 Å². The molecule has 60 heavy (non-hydrogen) atoms. The number of aryl methyl sites for hydroxylation is 3. The maximum Gasteiger partial charge on any atom is 0.142 e. The van der Waals surface area contributed by atoms with E-state index in [-0.39, 0.29) is 0 Å². The summed E-state index contributed by atoms with van der Waals surface area (Å²) in [5.74, 6) is 5.59. The van der Waals surface area contributed by atoms with Gasteiger partial charge in [0.25, 0.3) is 0 Å². The molecule has 12 rings (SSSR count). The van der Waals surface area contributed by atoms with Gasteiger partial charge in [0, 0.05) is 48.5 Å². The molecule has 3 aliphatic rings. The average molecular weight is 775 g/mol. The molecule has 0 fully saturated rings. The Kier molecular flexibility index (Phi) is 8.96. The van der Waals surface area contributed by atoms with Gasteiger partial charge in [0.1, 0.15) is 34.5 Å². The monoisotopic (exact) mass is 774 g/mol. The van der Waals surface area contributed by atoms with Gasteiger partial charge in [-0.2, -0.15) is 0 Å². The maximum absolute atomic E-state index is 6.43. The number of hydrogen-bond acceptors (Lipinski definition) is 3. The zero-order chi connectivity index (χ0) is 41.1. The van der Waals surface area contributed by atoms with E-state index in [0.29, 0.717) is 0 Å². The fourth-order valence-corrected chi connectivity index (χ4v) is 8.17. The highest BCUT2D eigenvalue weighted by Gasteiger charge is 2.17. The normalized spacial score (nSPS) is 12.2. The van der Waals surface area contributed by atoms with E-state index in [1.165, 1.54) is 27.5 Å². The molecule has 3 heteroatoms. The molecule has 0 spiro atoms. The lowest BCUT2D eigenvalue weighted by molar-refractivity contribution is 0.472. The Bertz CT molecular complexity index is 3620. The lowest BCUT2D eigenvalue weighted by atomic mass is 9.99. The molecule has 0 radical (unpaired) electrons. The van der Waals surface area contributed by atoms with E-state index >= 15 is 0 Å². The first-order valence-corrected chi connectivity index (χ1v) is 20.2. The van der Waals surface area contributed by atoms with Crippen LogP contribution in [0.4, 0.5) is 0 Å². The number of hydrogen-bond donors (Lipinski definition) is 0. The van der Waals surface area contributed by atoms with Crippen molar-refractivity contribution in [2.24, 2.45) is 0 Å². The van der Waals surface area contributed by atoms with Crippen LogP contribution in [0.25, 0.3) is 70.3 Å². The second-order valence-corrected chi connectivity index (χ2v) is 16.0. The number of rotatable bonds is 0. The largest absolute Gasteiger partial charge is 0.456 e. The van der Waals surface area contributed by atoms with Crippen molar-refractivity contribution < 1.29 is 14.2 Å². The van der Waals surface area contributed by atoms with E-state index in [4.69, 9.17) is 14.2 Å². The van der Waals surface area contributed by atoms with Gasteiger partial charge in [0.05, 0.1) is 0 Å². The van der Waals surface area contributed by atoms with E-state index in [1.807, 2.05) is 30.3 Å². The van der Waals surface area contributed by atoms with Crippen molar-refractivity contribution in [3.05, 3.63) is 210 Å². The van der Waals surface area contributed by atoms with Crippen LogP contribution < -0.4 is 45.5 Å². The van der Waals surface area contributed by atoms with Gasteiger partial charge >= 0.3 is 0 Å². The molecule has 0 bridgehead atoms. The van der Waals surface area contributed by atoms with Gasteiger partial charge < -0.3 is 14.2 Å². The summed E-state index contributed by atoms with van der Waals surface area (Å²) in [7, 11) is 0. The zero-order valence-electron chi connectivity index (χ0n) is 33.9. The van der Waals surface area contributed by atoms with Crippen molar-refractivity contribution in [3.63, 3.8) is 0 Å². The van der Waals surface area contributed by atoms with E-state index in [1.54, 1.807) is 0 Å². The lowest BCUT2D eigenvalue weighted by Gasteiger charge is -2.19. The van der Waals surface area contributed by atoms with E-state index < -0.39 is 0 Å². The van der Waals surface area contributed by atoms with Gasteiger partial charge in [-0.3, -0.25) is 0 Å². The Balaban J connectivity index is 0.000000111. The third-order valence-electron chi connectivity index (χ3n) is 11.3. The van der Waals surface area contributed by atoms with Crippen LogP contribution in [0.3, 0.4) is 0 Å². The van der Waals surface area contributed by atoms with Gasteiger partial charge in [-0.05, 0) is 112 Å². The van der Waals surface area contributed by atoms with Crippen molar-refractivity contribution in [3.8, 4) is 34.5 Å². The first kappa shape index (κ1) is 36.7. The third kappa shape index (κ3) is 6.91. The van der Waals surface area contributed by atoms with E-state index in [2.05, 4.69) is 174 Å². The summed E-state index contributed by atoms with van der Waals surface area (Å²) in [6, 6.07) is 50.3. The minimum Gasteiger partial charge on any atom is -0.456 e. The summed E-state index contributed by atoms with van der Waals surface area (Å²) < 4.78 is 18.5. The third-order valence-corrected chi connectivity index (χ3v) is 11.3. The Morgan fingerprint density at radius 2 is 0.750 bits per heavy atom. The van der Waals surface area contributed by atoms with Crippen LogP contribution >= 0.6 is 0 Å². The van der Waals surface area contributed by atoms with Crippen LogP contribution in [0.5, 0.6) is 34.5 Å². The summed E-state index contributed by atoms with van der Waals surface area (Å²) >= 11 is 0. The highest BCUT2D eigenvalue weighted by molar-refractivity contribution is 5.96. The Hall–Kier alpha value is -7.62. The molecule has 0 aliphatic carbocycles. The number of fused-ring (bicyclic) bond motifs is 12. The molecule has 0 saturated carbocycles. The Morgan fingerprint density at radius 3 is 1.42 bits per heavy atom. The quantitative estimate of drug-likeness (QED) is 0.154. The Morgan fingerprint density at radius 1 is 0.317 bits per heavy atom. The topological polar surface area (TPSA) is 27.7 Å². The van der Waals surface area contributed by atoms with Crippen LogP contribution in [0.15, 0.2) is 146 Å². The van der Waals surface area contributed by atoms with Gasteiger partial charge in [0.2, 0.25) is 0 Å². The van der Waals surface area contributed by atoms with Crippen LogP contribution in [-0.2, 0) is 0 Å². The molecular weight excluding hydrogens is 733 g/mol. The molecular formula is C57H42O3. The molecule has 0 atom stereocenters. The first-order chi connectivity index (χ1) is 29.1. The predicted octanol–water partition coefficient (Wildman–Crippen LogP) is 10.5. The van der Waals surface area contributed by atoms with Crippen molar-refractivity contribution in [2.75, 3.05) is 0 Å². The second kappa shape index (κ2) is 14.6. The van der Waals surface area contributed by atoms with Gasteiger partial charge in [-0.25, -0.2) is 0 Å². The summed E-state index contributed by atoms with van der Waals surface area (Å²) in [5, 5.41) is 13.4. The van der Waals surface area contributed by atoms with Crippen molar-refractivity contribution >= 4 is 70.3 Å². The molecule has 0 N–H and O–H groups in total. The standard InChI is InChI=1S/C23H16O.C19H14O.C15H12O/c1-14-3-9-20-16(11-14)5-7-18-13-19-8-6-17-12-15(2)4-10-21(17)23(19)24-22(18)20;1-12-4-8-17-14(9-12)6-7-16-11-15-5-3-13(2)10-18(15)20-19(16)17;1-10-3-5-12-9-13-6-4-11(2)8-15(13)16-14(12)7-10/h3-13H,1H2,2H3;3-11H,1H2,2H3;3-9H,1H2,2H3. The molecule has 0 saturated heterocycles.